The largest absolute Gasteiger partial charge is 0.309 e. The van der Waals surface area contributed by atoms with Gasteiger partial charge in [0.15, 0.2) is 0 Å². The summed E-state index contributed by atoms with van der Waals surface area (Å²) in [6.45, 7) is 3.21. The third kappa shape index (κ3) is 3.49. The molecule has 0 aromatic heterocycles. The predicted octanol–water partition coefficient (Wildman–Crippen LogP) is 2.93. The minimum Gasteiger partial charge on any atom is -0.309 e. The number of benzene rings is 1. The summed E-state index contributed by atoms with van der Waals surface area (Å²) in [4.78, 5) is 0. The molecule has 1 aromatic rings. The zero-order valence-electron chi connectivity index (χ0n) is 10.1. The summed E-state index contributed by atoms with van der Waals surface area (Å²) in [5, 5.41) is 13.1. The first kappa shape index (κ1) is 12.5. The van der Waals surface area contributed by atoms with Crippen LogP contribution in [-0.4, -0.2) is 17.0 Å². The van der Waals surface area contributed by atoms with Crippen LogP contribution in [0, 0.1) is 11.3 Å². The molecule has 2 atom stereocenters. The molecule has 1 fully saturated rings. The van der Waals surface area contributed by atoms with Gasteiger partial charge < -0.3 is 5.32 Å². The Morgan fingerprint density at radius 3 is 2.82 bits per heavy atom. The highest BCUT2D eigenvalue weighted by atomic mass is 32.2. The number of nitriles is 1. The fourth-order valence-electron chi connectivity index (χ4n) is 2.14. The third-order valence-electron chi connectivity index (χ3n) is 3.26. The average molecular weight is 246 g/mol. The molecule has 2 unspecified atom stereocenters. The Kier molecular flexibility index (Phi) is 4.47. The van der Waals surface area contributed by atoms with Gasteiger partial charge in [-0.25, -0.2) is 0 Å². The molecule has 0 bridgehead atoms. The Morgan fingerprint density at radius 1 is 1.41 bits per heavy atom. The molecule has 1 aromatic carbocycles. The summed E-state index contributed by atoms with van der Waals surface area (Å²) >= 11 is 2.06. The van der Waals surface area contributed by atoms with E-state index in [9.17, 15) is 0 Å². The lowest BCUT2D eigenvalue weighted by atomic mass is 10.1. The van der Waals surface area contributed by atoms with Crippen LogP contribution in [0.25, 0.3) is 0 Å². The van der Waals surface area contributed by atoms with Crippen molar-refractivity contribution in [3.63, 3.8) is 0 Å². The molecule has 1 heterocycles. The highest BCUT2D eigenvalue weighted by Gasteiger charge is 2.20. The average Bonchev–Trinajstić information content (AvgIpc) is 2.38. The van der Waals surface area contributed by atoms with E-state index in [1.807, 2.05) is 24.3 Å². The second-order valence-electron chi connectivity index (χ2n) is 4.51. The first-order chi connectivity index (χ1) is 8.29. The Balaban J connectivity index is 1.86. The van der Waals surface area contributed by atoms with Crippen molar-refractivity contribution in [3.05, 3.63) is 35.4 Å². The monoisotopic (exact) mass is 246 g/mol. The van der Waals surface area contributed by atoms with Crippen molar-refractivity contribution in [2.75, 3.05) is 5.75 Å². The molecule has 0 spiro atoms. The van der Waals surface area contributed by atoms with Crippen LogP contribution in [0.1, 0.15) is 30.9 Å². The van der Waals surface area contributed by atoms with E-state index >= 15 is 0 Å². The van der Waals surface area contributed by atoms with Crippen molar-refractivity contribution >= 4 is 11.8 Å². The quantitative estimate of drug-likeness (QED) is 0.890. The molecule has 90 valence electrons. The molecule has 1 N–H and O–H groups in total. The molecule has 0 aliphatic carbocycles. The second kappa shape index (κ2) is 6.09. The van der Waals surface area contributed by atoms with E-state index in [1.54, 1.807) is 0 Å². The fourth-order valence-corrected chi connectivity index (χ4v) is 3.31. The second-order valence-corrected chi connectivity index (χ2v) is 6.00. The van der Waals surface area contributed by atoms with Crippen molar-refractivity contribution in [3.8, 4) is 6.07 Å². The summed E-state index contributed by atoms with van der Waals surface area (Å²) < 4.78 is 0. The third-order valence-corrected chi connectivity index (χ3v) is 4.64. The van der Waals surface area contributed by atoms with Gasteiger partial charge in [-0.1, -0.05) is 19.1 Å². The van der Waals surface area contributed by atoms with Crippen LogP contribution in [0.15, 0.2) is 24.3 Å². The zero-order valence-corrected chi connectivity index (χ0v) is 11.0. The molecule has 0 saturated carbocycles. The number of rotatable bonds is 3. The van der Waals surface area contributed by atoms with Crippen molar-refractivity contribution in [1.29, 1.82) is 5.26 Å². The van der Waals surface area contributed by atoms with Gasteiger partial charge in [0.05, 0.1) is 11.6 Å². The van der Waals surface area contributed by atoms with E-state index in [1.165, 1.54) is 24.2 Å². The Labute approximate surface area is 107 Å². The molecule has 1 aliphatic heterocycles. The molecular weight excluding hydrogens is 228 g/mol. The predicted molar refractivity (Wildman–Crippen MR) is 72.9 cm³/mol. The first-order valence-corrected chi connectivity index (χ1v) is 7.18. The zero-order chi connectivity index (χ0) is 12.1. The standard InChI is InChI=1S/C14H18N2S/c1-11-14(3-2-8-17-11)16-10-13-6-4-12(9-15)5-7-13/h4-7,11,14,16H,2-3,8,10H2,1H3. The van der Waals surface area contributed by atoms with Crippen LogP contribution >= 0.6 is 11.8 Å². The van der Waals surface area contributed by atoms with E-state index in [4.69, 9.17) is 5.26 Å². The summed E-state index contributed by atoms with van der Waals surface area (Å²) in [5.41, 5.74) is 1.99. The molecule has 0 amide bonds. The van der Waals surface area contributed by atoms with Crippen molar-refractivity contribution in [2.24, 2.45) is 0 Å². The van der Waals surface area contributed by atoms with E-state index in [2.05, 4.69) is 30.1 Å². The maximum Gasteiger partial charge on any atom is 0.0991 e. The summed E-state index contributed by atoms with van der Waals surface area (Å²) in [5.74, 6) is 1.30. The summed E-state index contributed by atoms with van der Waals surface area (Å²) in [6.07, 6.45) is 2.60. The van der Waals surface area contributed by atoms with E-state index < -0.39 is 0 Å². The fraction of sp³-hybridized carbons (Fsp3) is 0.500. The molecular formula is C14H18N2S. The van der Waals surface area contributed by atoms with Crippen LogP contribution in [0.3, 0.4) is 0 Å². The van der Waals surface area contributed by atoms with Gasteiger partial charge in [-0.15, -0.1) is 0 Å². The SMILES string of the molecule is CC1SCCCC1NCc1ccc(C#N)cc1. The van der Waals surface area contributed by atoms with Crippen LogP contribution in [-0.2, 0) is 6.54 Å². The number of nitrogens with one attached hydrogen (secondary N) is 1. The number of thioether (sulfide) groups is 1. The van der Waals surface area contributed by atoms with Gasteiger partial charge in [0.25, 0.3) is 0 Å². The van der Waals surface area contributed by atoms with Gasteiger partial charge in [-0.2, -0.15) is 17.0 Å². The summed E-state index contributed by atoms with van der Waals surface area (Å²) in [7, 11) is 0. The number of nitrogens with zero attached hydrogens (tertiary/aromatic N) is 1. The lowest BCUT2D eigenvalue weighted by Gasteiger charge is -2.29. The molecule has 0 radical (unpaired) electrons. The number of hydrogen-bond donors (Lipinski definition) is 1. The Hall–Kier alpha value is -0.980. The Bertz CT molecular complexity index is 394. The highest BCUT2D eigenvalue weighted by molar-refractivity contribution is 7.99. The van der Waals surface area contributed by atoms with Gasteiger partial charge in [0.1, 0.15) is 0 Å². The molecule has 2 nitrogen and oxygen atoms in total. The molecule has 2 rings (SSSR count). The van der Waals surface area contributed by atoms with Crippen molar-refractivity contribution in [2.45, 2.75) is 37.6 Å². The topological polar surface area (TPSA) is 35.8 Å². The van der Waals surface area contributed by atoms with Crippen molar-refractivity contribution < 1.29 is 0 Å². The van der Waals surface area contributed by atoms with Gasteiger partial charge in [-0.3, -0.25) is 0 Å². The first-order valence-electron chi connectivity index (χ1n) is 6.13. The van der Waals surface area contributed by atoms with Crippen molar-refractivity contribution in [1.82, 2.24) is 5.32 Å². The molecule has 3 heteroatoms. The molecule has 1 aliphatic rings. The van der Waals surface area contributed by atoms with E-state index in [0.29, 0.717) is 11.3 Å². The van der Waals surface area contributed by atoms with Crippen LogP contribution < -0.4 is 5.32 Å². The van der Waals surface area contributed by atoms with Gasteiger partial charge >= 0.3 is 0 Å². The minimum absolute atomic E-state index is 0.629. The van der Waals surface area contributed by atoms with Crippen LogP contribution in [0.2, 0.25) is 0 Å². The normalized spacial score (nSPS) is 24.2. The lowest BCUT2D eigenvalue weighted by molar-refractivity contribution is 0.462. The maximum atomic E-state index is 8.73. The highest BCUT2D eigenvalue weighted by Crippen LogP contribution is 2.25. The van der Waals surface area contributed by atoms with Gasteiger partial charge in [-0.05, 0) is 36.3 Å². The summed E-state index contributed by atoms with van der Waals surface area (Å²) in [6, 6.07) is 10.6. The molecule has 17 heavy (non-hydrogen) atoms. The minimum atomic E-state index is 0.629. The Morgan fingerprint density at radius 2 is 2.18 bits per heavy atom. The van der Waals surface area contributed by atoms with Gasteiger partial charge in [0.2, 0.25) is 0 Å². The van der Waals surface area contributed by atoms with E-state index in [0.717, 1.165) is 12.1 Å². The maximum absolute atomic E-state index is 8.73. The van der Waals surface area contributed by atoms with E-state index in [-0.39, 0.29) is 0 Å². The van der Waals surface area contributed by atoms with Crippen LogP contribution in [0.4, 0.5) is 0 Å². The lowest BCUT2D eigenvalue weighted by Crippen LogP contribution is -2.38. The number of hydrogen-bond acceptors (Lipinski definition) is 3. The molecule has 1 saturated heterocycles. The smallest absolute Gasteiger partial charge is 0.0991 e. The van der Waals surface area contributed by atoms with Crippen LogP contribution in [0.5, 0.6) is 0 Å². The van der Waals surface area contributed by atoms with Gasteiger partial charge in [0, 0.05) is 17.8 Å².